The Morgan fingerprint density at radius 3 is 2.70 bits per heavy atom. The highest BCUT2D eigenvalue weighted by Gasteiger charge is 2.47. The van der Waals surface area contributed by atoms with Crippen molar-refractivity contribution < 1.29 is 19.5 Å². The molecule has 7 heteroatoms. The molecule has 2 aliphatic rings. The predicted molar refractivity (Wildman–Crippen MR) is 70.7 cm³/mol. The Bertz CT molecular complexity index is 435. The van der Waals surface area contributed by atoms with E-state index in [2.05, 4.69) is 10.6 Å². The van der Waals surface area contributed by atoms with Crippen molar-refractivity contribution in [3.8, 4) is 0 Å². The molecule has 2 unspecified atom stereocenters. The molecule has 1 aliphatic carbocycles. The summed E-state index contributed by atoms with van der Waals surface area (Å²) < 4.78 is 0. The molecule has 2 fully saturated rings. The monoisotopic (exact) mass is 283 g/mol. The van der Waals surface area contributed by atoms with Gasteiger partial charge in [0.15, 0.2) is 0 Å². The van der Waals surface area contributed by atoms with Gasteiger partial charge in [-0.3, -0.25) is 14.5 Å². The molecule has 1 saturated carbocycles. The zero-order chi connectivity index (χ0) is 14.9. The van der Waals surface area contributed by atoms with E-state index < -0.39 is 23.6 Å². The van der Waals surface area contributed by atoms with Gasteiger partial charge in [-0.2, -0.15) is 0 Å². The van der Waals surface area contributed by atoms with Gasteiger partial charge in [0.25, 0.3) is 5.91 Å². The molecule has 2 atom stereocenters. The summed E-state index contributed by atoms with van der Waals surface area (Å²) in [6, 6.07) is -0.544. The van der Waals surface area contributed by atoms with E-state index in [4.69, 9.17) is 0 Å². The number of carbonyl (C=O) groups is 3. The van der Waals surface area contributed by atoms with Crippen molar-refractivity contribution in [3.05, 3.63) is 0 Å². The number of aliphatic hydroxyl groups is 1. The lowest BCUT2D eigenvalue weighted by Crippen LogP contribution is -2.45. The van der Waals surface area contributed by atoms with Crippen LogP contribution in [0.1, 0.15) is 33.1 Å². The summed E-state index contributed by atoms with van der Waals surface area (Å²) in [6.07, 6.45) is 1.90. The largest absolute Gasteiger partial charge is 0.391 e. The Labute approximate surface area is 117 Å². The van der Waals surface area contributed by atoms with Gasteiger partial charge in [0.2, 0.25) is 5.91 Å². The molecule has 0 aromatic carbocycles. The highest BCUT2D eigenvalue weighted by atomic mass is 16.3. The topological polar surface area (TPSA) is 98.7 Å². The zero-order valence-corrected chi connectivity index (χ0v) is 11.8. The molecule has 0 aromatic heterocycles. The average molecular weight is 283 g/mol. The van der Waals surface area contributed by atoms with Crippen LogP contribution < -0.4 is 10.6 Å². The third-order valence-electron chi connectivity index (χ3n) is 4.03. The molecule has 112 valence electrons. The van der Waals surface area contributed by atoms with Crippen molar-refractivity contribution in [1.29, 1.82) is 0 Å². The van der Waals surface area contributed by atoms with Crippen molar-refractivity contribution in [2.75, 3.05) is 13.1 Å². The third-order valence-corrected chi connectivity index (χ3v) is 4.03. The van der Waals surface area contributed by atoms with Gasteiger partial charge in [-0.25, -0.2) is 4.79 Å². The van der Waals surface area contributed by atoms with E-state index in [9.17, 15) is 19.5 Å². The summed E-state index contributed by atoms with van der Waals surface area (Å²) >= 11 is 0. The average Bonchev–Trinajstić information content (AvgIpc) is 3.22. The Kier molecular flexibility index (Phi) is 3.99. The van der Waals surface area contributed by atoms with Crippen molar-refractivity contribution in [3.63, 3.8) is 0 Å². The summed E-state index contributed by atoms with van der Waals surface area (Å²) in [5, 5.41) is 14.8. The maximum atomic E-state index is 12.1. The normalized spacial score (nSPS) is 27.4. The molecule has 2 rings (SSSR count). The first-order chi connectivity index (χ1) is 9.37. The van der Waals surface area contributed by atoms with Crippen molar-refractivity contribution >= 4 is 17.8 Å². The van der Waals surface area contributed by atoms with Crippen molar-refractivity contribution in [2.45, 2.75) is 44.8 Å². The Hall–Kier alpha value is -1.63. The second-order valence-corrected chi connectivity index (χ2v) is 5.72. The number of urea groups is 1. The molecule has 1 heterocycles. The molecular formula is C13H21N3O4. The SMILES string of the molecule is CCC1(C)NC(=O)N(CC(=O)NCC(O)C2CC2)C1=O. The van der Waals surface area contributed by atoms with Crippen LogP contribution >= 0.6 is 0 Å². The highest BCUT2D eigenvalue weighted by Crippen LogP contribution is 2.32. The quantitative estimate of drug-likeness (QED) is 0.577. The van der Waals surface area contributed by atoms with E-state index in [1.165, 1.54) is 0 Å². The summed E-state index contributed by atoms with van der Waals surface area (Å²) in [6.45, 7) is 3.30. The second-order valence-electron chi connectivity index (χ2n) is 5.72. The van der Waals surface area contributed by atoms with Crippen LogP contribution in [0.5, 0.6) is 0 Å². The van der Waals surface area contributed by atoms with Crippen LogP contribution in [0.25, 0.3) is 0 Å². The fourth-order valence-electron chi connectivity index (χ4n) is 2.20. The Morgan fingerprint density at radius 1 is 1.55 bits per heavy atom. The van der Waals surface area contributed by atoms with Gasteiger partial charge >= 0.3 is 6.03 Å². The maximum absolute atomic E-state index is 12.1. The number of imide groups is 1. The first-order valence-corrected chi connectivity index (χ1v) is 6.96. The molecule has 7 nitrogen and oxygen atoms in total. The summed E-state index contributed by atoms with van der Waals surface area (Å²) in [5.41, 5.74) is -0.926. The molecular weight excluding hydrogens is 262 g/mol. The number of aliphatic hydroxyl groups excluding tert-OH is 1. The van der Waals surface area contributed by atoms with Crippen LogP contribution in [0.3, 0.4) is 0 Å². The van der Waals surface area contributed by atoms with Crippen LogP contribution in [0, 0.1) is 5.92 Å². The minimum absolute atomic E-state index is 0.165. The number of amides is 4. The molecule has 3 N–H and O–H groups in total. The molecule has 1 aliphatic heterocycles. The number of rotatable bonds is 6. The fourth-order valence-corrected chi connectivity index (χ4v) is 2.20. The second kappa shape index (κ2) is 5.40. The Balaban J connectivity index is 1.84. The number of carbonyl (C=O) groups excluding carboxylic acids is 3. The molecule has 0 bridgehead atoms. The molecule has 1 saturated heterocycles. The van der Waals surface area contributed by atoms with Gasteiger partial charge in [0, 0.05) is 6.54 Å². The smallest absolute Gasteiger partial charge is 0.325 e. The third kappa shape index (κ3) is 2.92. The van der Waals surface area contributed by atoms with Crippen LogP contribution in [0.15, 0.2) is 0 Å². The number of hydrogen-bond acceptors (Lipinski definition) is 4. The molecule has 0 spiro atoms. The van der Waals surface area contributed by atoms with Gasteiger partial charge in [-0.05, 0) is 32.1 Å². The van der Waals surface area contributed by atoms with Crippen LogP contribution in [0.4, 0.5) is 4.79 Å². The number of hydrogen-bond donors (Lipinski definition) is 3. The highest BCUT2D eigenvalue weighted by molar-refractivity contribution is 6.08. The van der Waals surface area contributed by atoms with Crippen LogP contribution in [-0.2, 0) is 9.59 Å². The molecule has 0 radical (unpaired) electrons. The molecule has 4 amide bonds. The molecule has 20 heavy (non-hydrogen) atoms. The fraction of sp³-hybridized carbons (Fsp3) is 0.769. The first kappa shape index (κ1) is 14.8. The van der Waals surface area contributed by atoms with E-state index in [1.54, 1.807) is 13.8 Å². The van der Waals surface area contributed by atoms with Gasteiger partial charge < -0.3 is 15.7 Å². The lowest BCUT2D eigenvalue weighted by molar-refractivity contribution is -0.134. The van der Waals surface area contributed by atoms with E-state index in [1.807, 2.05) is 0 Å². The van der Waals surface area contributed by atoms with Gasteiger partial charge in [0.1, 0.15) is 12.1 Å². The minimum Gasteiger partial charge on any atom is -0.391 e. The van der Waals surface area contributed by atoms with E-state index in [-0.39, 0.29) is 24.9 Å². The number of nitrogens with zero attached hydrogens (tertiary/aromatic N) is 1. The summed E-state index contributed by atoms with van der Waals surface area (Å²) in [5.74, 6) is -0.549. The maximum Gasteiger partial charge on any atom is 0.325 e. The van der Waals surface area contributed by atoms with Crippen LogP contribution in [0.2, 0.25) is 0 Å². The van der Waals surface area contributed by atoms with E-state index >= 15 is 0 Å². The number of nitrogens with one attached hydrogen (secondary N) is 2. The lowest BCUT2D eigenvalue weighted by atomic mass is 9.99. The van der Waals surface area contributed by atoms with Crippen molar-refractivity contribution in [1.82, 2.24) is 15.5 Å². The van der Waals surface area contributed by atoms with Crippen LogP contribution in [-0.4, -0.2) is 52.6 Å². The first-order valence-electron chi connectivity index (χ1n) is 6.96. The standard InChI is InChI=1S/C13H21N3O4/c1-3-13(2)11(19)16(12(20)15-13)7-10(18)14-6-9(17)8-4-5-8/h8-9,17H,3-7H2,1-2H3,(H,14,18)(H,15,20). The van der Waals surface area contributed by atoms with E-state index in [0.29, 0.717) is 6.42 Å². The lowest BCUT2D eigenvalue weighted by Gasteiger charge is -2.19. The summed E-state index contributed by atoms with van der Waals surface area (Å²) in [4.78, 5) is 36.4. The Morgan fingerprint density at radius 2 is 2.20 bits per heavy atom. The van der Waals surface area contributed by atoms with Gasteiger partial charge in [0.05, 0.1) is 6.10 Å². The predicted octanol–water partition coefficient (Wildman–Crippen LogP) is -0.406. The van der Waals surface area contributed by atoms with Gasteiger partial charge in [-0.15, -0.1) is 0 Å². The van der Waals surface area contributed by atoms with Crippen molar-refractivity contribution in [2.24, 2.45) is 5.92 Å². The molecule has 0 aromatic rings. The zero-order valence-electron chi connectivity index (χ0n) is 11.8. The summed E-state index contributed by atoms with van der Waals surface area (Å²) in [7, 11) is 0. The van der Waals surface area contributed by atoms with Gasteiger partial charge in [-0.1, -0.05) is 6.92 Å². The van der Waals surface area contributed by atoms with E-state index in [0.717, 1.165) is 17.7 Å². The minimum atomic E-state index is -0.926.